The zero-order valence-corrected chi connectivity index (χ0v) is 15.4. The van der Waals surface area contributed by atoms with Gasteiger partial charge in [-0.05, 0) is 19.8 Å². The maximum absolute atomic E-state index is 12.7. The van der Waals surface area contributed by atoms with E-state index in [1.54, 1.807) is 6.92 Å². The van der Waals surface area contributed by atoms with Gasteiger partial charge < -0.3 is 14.8 Å². The molecule has 25 heavy (non-hydrogen) atoms. The van der Waals surface area contributed by atoms with Crippen LogP contribution in [-0.4, -0.2) is 68.8 Å². The lowest BCUT2D eigenvalue weighted by atomic mass is 9.83. The number of nitrogens with zero attached hydrogens (tertiary/aromatic N) is 1. The minimum atomic E-state index is -3.30. The van der Waals surface area contributed by atoms with Crippen molar-refractivity contribution in [2.75, 3.05) is 32.5 Å². The van der Waals surface area contributed by atoms with Gasteiger partial charge in [-0.15, -0.1) is 0 Å². The third-order valence-electron chi connectivity index (χ3n) is 5.17. The molecule has 0 bridgehead atoms. The van der Waals surface area contributed by atoms with Crippen LogP contribution in [-0.2, 0) is 29.1 Å². The molecule has 3 aliphatic heterocycles. The van der Waals surface area contributed by atoms with E-state index in [-0.39, 0.29) is 37.9 Å². The minimum Gasteiger partial charge on any atom is -0.450 e. The van der Waals surface area contributed by atoms with Crippen LogP contribution in [0.15, 0.2) is 11.1 Å². The Morgan fingerprint density at radius 2 is 2.04 bits per heavy atom. The summed E-state index contributed by atoms with van der Waals surface area (Å²) >= 11 is 0. The number of amides is 1. The van der Waals surface area contributed by atoms with Gasteiger partial charge in [-0.2, -0.15) is 0 Å². The van der Waals surface area contributed by atoms with Crippen molar-refractivity contribution in [3.05, 3.63) is 11.1 Å². The van der Waals surface area contributed by atoms with Crippen LogP contribution >= 0.6 is 0 Å². The maximum atomic E-state index is 12.7. The second-order valence-electron chi connectivity index (χ2n) is 6.89. The lowest BCUT2D eigenvalue weighted by Gasteiger charge is -2.38. The molecule has 0 aromatic heterocycles. The average Bonchev–Trinajstić information content (AvgIpc) is 3.13. The second-order valence-corrected chi connectivity index (χ2v) is 8.87. The van der Waals surface area contributed by atoms with Crippen molar-refractivity contribution in [3.8, 4) is 0 Å². The number of ether oxygens (including phenoxy) is 2. The van der Waals surface area contributed by atoms with Crippen LogP contribution in [0.1, 0.15) is 32.6 Å². The Morgan fingerprint density at radius 1 is 1.36 bits per heavy atom. The van der Waals surface area contributed by atoms with Gasteiger partial charge in [-0.1, -0.05) is 0 Å². The van der Waals surface area contributed by atoms with Gasteiger partial charge in [0.05, 0.1) is 17.9 Å². The topological polar surface area (TPSA) is 102 Å². The fraction of sp³-hybridized carbons (Fsp3) is 0.750. The van der Waals surface area contributed by atoms with Crippen molar-refractivity contribution in [1.82, 2.24) is 9.62 Å². The van der Waals surface area contributed by atoms with Gasteiger partial charge in [0.2, 0.25) is 10.0 Å². The maximum Gasteiger partial charge on any atom is 0.335 e. The molecule has 2 fully saturated rings. The summed E-state index contributed by atoms with van der Waals surface area (Å²) in [6.45, 7) is 3.13. The minimum absolute atomic E-state index is 0.00547. The fourth-order valence-corrected chi connectivity index (χ4v) is 4.60. The van der Waals surface area contributed by atoms with Crippen molar-refractivity contribution in [2.24, 2.45) is 0 Å². The molecule has 140 valence electrons. The van der Waals surface area contributed by atoms with Crippen LogP contribution < -0.4 is 5.32 Å². The molecule has 1 N–H and O–H groups in total. The van der Waals surface area contributed by atoms with Gasteiger partial charge in [0.1, 0.15) is 5.60 Å². The molecule has 3 heterocycles. The Bertz CT molecular complexity index is 700. The van der Waals surface area contributed by atoms with Crippen LogP contribution in [0.25, 0.3) is 0 Å². The molecule has 1 amide bonds. The first kappa shape index (κ1) is 18.3. The monoisotopic (exact) mass is 372 g/mol. The normalized spacial score (nSPS) is 27.0. The first-order valence-corrected chi connectivity index (χ1v) is 10.4. The molecule has 1 atom stereocenters. The molecule has 0 aliphatic carbocycles. The molecule has 3 rings (SSSR count). The molecular formula is C16H24N2O6S. The summed E-state index contributed by atoms with van der Waals surface area (Å²) in [6, 6.07) is 0. The number of sulfonamides is 1. The quantitative estimate of drug-likeness (QED) is 0.694. The third kappa shape index (κ3) is 3.58. The van der Waals surface area contributed by atoms with E-state index in [9.17, 15) is 18.0 Å². The molecule has 2 saturated heterocycles. The Labute approximate surface area is 147 Å². The van der Waals surface area contributed by atoms with Crippen LogP contribution in [0.5, 0.6) is 0 Å². The SMILES string of the molecule is CC1=C(C(=O)NCC2CCCO2)C2(CCN(S(C)(=O)=O)CC2)OC1=O. The van der Waals surface area contributed by atoms with Gasteiger partial charge >= 0.3 is 5.97 Å². The molecule has 9 heteroatoms. The lowest BCUT2D eigenvalue weighted by Crippen LogP contribution is -2.50. The van der Waals surface area contributed by atoms with Crippen molar-refractivity contribution >= 4 is 21.9 Å². The lowest BCUT2D eigenvalue weighted by molar-refractivity contribution is -0.150. The first-order valence-electron chi connectivity index (χ1n) is 8.52. The van der Waals surface area contributed by atoms with Gasteiger partial charge in [0.25, 0.3) is 5.91 Å². The summed E-state index contributed by atoms with van der Waals surface area (Å²) in [5.41, 5.74) is -0.385. The van der Waals surface area contributed by atoms with Gasteiger partial charge in [0, 0.05) is 44.7 Å². The van der Waals surface area contributed by atoms with E-state index in [0.717, 1.165) is 19.1 Å². The number of carbonyl (C=O) groups is 2. The van der Waals surface area contributed by atoms with Gasteiger partial charge in [-0.3, -0.25) is 4.79 Å². The van der Waals surface area contributed by atoms with Crippen LogP contribution in [0.2, 0.25) is 0 Å². The Morgan fingerprint density at radius 3 is 2.60 bits per heavy atom. The summed E-state index contributed by atoms with van der Waals surface area (Å²) in [4.78, 5) is 24.8. The summed E-state index contributed by atoms with van der Waals surface area (Å²) in [5, 5.41) is 2.84. The average molecular weight is 372 g/mol. The highest BCUT2D eigenvalue weighted by atomic mass is 32.2. The number of piperidine rings is 1. The van der Waals surface area contributed by atoms with Crippen molar-refractivity contribution < 1.29 is 27.5 Å². The molecule has 1 unspecified atom stereocenters. The summed E-state index contributed by atoms with van der Waals surface area (Å²) in [7, 11) is -3.30. The number of hydrogen-bond donors (Lipinski definition) is 1. The van der Waals surface area contributed by atoms with Gasteiger partial charge in [0.15, 0.2) is 0 Å². The number of nitrogens with one attached hydrogen (secondary N) is 1. The highest BCUT2D eigenvalue weighted by Crippen LogP contribution is 2.41. The molecule has 0 saturated carbocycles. The highest BCUT2D eigenvalue weighted by Gasteiger charge is 2.51. The van der Waals surface area contributed by atoms with E-state index >= 15 is 0 Å². The number of esters is 1. The molecule has 0 aromatic rings. The highest BCUT2D eigenvalue weighted by molar-refractivity contribution is 7.88. The summed E-state index contributed by atoms with van der Waals surface area (Å²) < 4.78 is 35.8. The molecule has 0 aromatic carbocycles. The largest absolute Gasteiger partial charge is 0.450 e. The van der Waals surface area contributed by atoms with Crippen LogP contribution in [0.3, 0.4) is 0 Å². The smallest absolute Gasteiger partial charge is 0.335 e. The number of rotatable bonds is 4. The molecule has 3 aliphatic rings. The molecule has 0 radical (unpaired) electrons. The van der Waals surface area contributed by atoms with E-state index in [1.165, 1.54) is 4.31 Å². The van der Waals surface area contributed by atoms with E-state index in [0.29, 0.717) is 24.3 Å². The number of hydrogen-bond acceptors (Lipinski definition) is 6. The zero-order chi connectivity index (χ0) is 18.2. The van der Waals surface area contributed by atoms with E-state index in [1.807, 2.05) is 0 Å². The van der Waals surface area contributed by atoms with Crippen molar-refractivity contribution in [3.63, 3.8) is 0 Å². The Hall–Kier alpha value is -1.45. The zero-order valence-electron chi connectivity index (χ0n) is 14.5. The Kier molecular flexibility index (Phi) is 4.91. The fourth-order valence-electron chi connectivity index (χ4n) is 3.76. The van der Waals surface area contributed by atoms with Crippen molar-refractivity contribution in [1.29, 1.82) is 0 Å². The third-order valence-corrected chi connectivity index (χ3v) is 6.47. The van der Waals surface area contributed by atoms with Crippen LogP contribution in [0.4, 0.5) is 0 Å². The Balaban J connectivity index is 1.73. The van der Waals surface area contributed by atoms with E-state index < -0.39 is 21.6 Å². The second kappa shape index (κ2) is 6.69. The van der Waals surface area contributed by atoms with E-state index in [4.69, 9.17) is 9.47 Å². The predicted octanol–water partition coefficient (Wildman–Crippen LogP) is -0.0509. The predicted molar refractivity (Wildman–Crippen MR) is 89.2 cm³/mol. The van der Waals surface area contributed by atoms with Crippen molar-refractivity contribution in [2.45, 2.75) is 44.3 Å². The summed E-state index contributed by atoms with van der Waals surface area (Å²) in [6.07, 6.45) is 3.61. The molecule has 8 nitrogen and oxygen atoms in total. The van der Waals surface area contributed by atoms with Crippen LogP contribution in [0, 0.1) is 0 Å². The molecular weight excluding hydrogens is 348 g/mol. The number of carbonyl (C=O) groups excluding carboxylic acids is 2. The summed E-state index contributed by atoms with van der Waals surface area (Å²) in [5.74, 6) is -0.832. The first-order chi connectivity index (χ1) is 11.7. The molecule has 1 spiro atoms. The van der Waals surface area contributed by atoms with Gasteiger partial charge in [-0.25, -0.2) is 17.5 Å². The standard InChI is InChI=1S/C16H24N2O6S/c1-11-13(14(19)17-10-12-4-3-9-23-12)16(24-15(11)20)5-7-18(8-6-16)25(2,21)22/h12H,3-10H2,1-2H3,(H,17,19). The van der Waals surface area contributed by atoms with E-state index in [2.05, 4.69) is 5.32 Å².